The van der Waals surface area contributed by atoms with E-state index in [0.717, 1.165) is 27.8 Å². The summed E-state index contributed by atoms with van der Waals surface area (Å²) in [6, 6.07) is 13.9. The van der Waals surface area contributed by atoms with Gasteiger partial charge < -0.3 is 9.15 Å². The summed E-state index contributed by atoms with van der Waals surface area (Å²) in [6.45, 7) is 7.70. The Kier molecular flexibility index (Phi) is 3.95. The summed E-state index contributed by atoms with van der Waals surface area (Å²) in [5, 5.41) is 0.871. The van der Waals surface area contributed by atoms with Gasteiger partial charge in [-0.15, -0.1) is 0 Å². The van der Waals surface area contributed by atoms with E-state index >= 15 is 0 Å². The first kappa shape index (κ1) is 15.3. The van der Waals surface area contributed by atoms with Crippen LogP contribution in [0.25, 0.3) is 11.0 Å². The molecule has 1 atom stereocenters. The largest absolute Gasteiger partial charge is 0.485 e. The molecule has 0 amide bonds. The minimum absolute atomic E-state index is 0.0900. The van der Waals surface area contributed by atoms with Crippen LogP contribution in [0.15, 0.2) is 51.7 Å². The Hall–Kier alpha value is -2.55. The van der Waals surface area contributed by atoms with Gasteiger partial charge in [0.2, 0.25) is 0 Å². The quantitative estimate of drug-likeness (QED) is 0.649. The first-order chi connectivity index (χ1) is 11.0. The second-order valence-electron chi connectivity index (χ2n) is 5.95. The molecule has 1 aromatic heterocycles. The van der Waals surface area contributed by atoms with Gasteiger partial charge in [-0.2, -0.15) is 0 Å². The first-order valence-corrected chi connectivity index (χ1v) is 7.73. The number of hydrogen-bond acceptors (Lipinski definition) is 3. The zero-order valence-electron chi connectivity index (χ0n) is 13.8. The van der Waals surface area contributed by atoms with Gasteiger partial charge in [-0.25, -0.2) is 4.79 Å². The zero-order valence-corrected chi connectivity index (χ0v) is 13.8. The number of benzene rings is 2. The lowest BCUT2D eigenvalue weighted by Gasteiger charge is -2.18. The van der Waals surface area contributed by atoms with Crippen LogP contribution in [0.1, 0.15) is 35.3 Å². The minimum atomic E-state index is -0.289. The maximum Gasteiger partial charge on any atom is 0.339 e. The van der Waals surface area contributed by atoms with E-state index in [1.54, 1.807) is 6.92 Å². The van der Waals surface area contributed by atoms with Gasteiger partial charge in [-0.3, -0.25) is 0 Å². The van der Waals surface area contributed by atoms with Crippen LogP contribution in [0.4, 0.5) is 0 Å². The SMILES string of the molecule is Cc1cc(OC(C)c2ccccc2)c2c(C)c(C)c(=O)oc2c1. The Labute approximate surface area is 135 Å². The van der Waals surface area contributed by atoms with E-state index in [1.165, 1.54) is 0 Å². The van der Waals surface area contributed by atoms with Crippen LogP contribution >= 0.6 is 0 Å². The molecule has 3 nitrogen and oxygen atoms in total. The molecule has 2 aromatic carbocycles. The lowest BCUT2D eigenvalue weighted by Crippen LogP contribution is -2.08. The second-order valence-corrected chi connectivity index (χ2v) is 5.95. The fraction of sp³-hybridized carbons (Fsp3) is 0.250. The van der Waals surface area contributed by atoms with Crippen molar-refractivity contribution in [2.45, 2.75) is 33.8 Å². The van der Waals surface area contributed by atoms with Crippen LogP contribution in [0.3, 0.4) is 0 Å². The lowest BCUT2D eigenvalue weighted by molar-refractivity contribution is 0.229. The van der Waals surface area contributed by atoms with Gasteiger partial charge in [0, 0.05) is 5.56 Å². The minimum Gasteiger partial charge on any atom is -0.485 e. The summed E-state index contributed by atoms with van der Waals surface area (Å²) < 4.78 is 11.7. The van der Waals surface area contributed by atoms with Crippen LogP contribution in [0.5, 0.6) is 5.75 Å². The topological polar surface area (TPSA) is 39.4 Å². The Morgan fingerprint density at radius 1 is 1.00 bits per heavy atom. The van der Waals surface area contributed by atoms with E-state index in [0.29, 0.717) is 11.1 Å². The van der Waals surface area contributed by atoms with Gasteiger partial charge in [-0.05, 0) is 56.5 Å². The molecular formula is C20H20O3. The molecule has 118 valence electrons. The van der Waals surface area contributed by atoms with Crippen molar-refractivity contribution in [3.63, 3.8) is 0 Å². The Morgan fingerprint density at radius 3 is 2.39 bits per heavy atom. The van der Waals surface area contributed by atoms with Crippen molar-refractivity contribution in [3.8, 4) is 5.75 Å². The summed E-state index contributed by atoms with van der Waals surface area (Å²) >= 11 is 0. The molecule has 0 aliphatic carbocycles. The van der Waals surface area contributed by atoms with Gasteiger partial charge in [0.05, 0.1) is 5.39 Å². The predicted molar refractivity (Wildman–Crippen MR) is 92.2 cm³/mol. The van der Waals surface area contributed by atoms with E-state index in [4.69, 9.17) is 9.15 Å². The molecule has 0 aliphatic rings. The molecule has 0 bridgehead atoms. The molecule has 0 fully saturated rings. The van der Waals surface area contributed by atoms with E-state index in [-0.39, 0.29) is 11.7 Å². The molecular weight excluding hydrogens is 288 g/mol. The fourth-order valence-electron chi connectivity index (χ4n) is 2.76. The maximum absolute atomic E-state index is 11.9. The summed E-state index contributed by atoms with van der Waals surface area (Å²) in [5.41, 5.74) is 3.93. The van der Waals surface area contributed by atoms with E-state index in [9.17, 15) is 4.79 Å². The molecule has 0 saturated carbocycles. The Morgan fingerprint density at radius 2 is 1.70 bits per heavy atom. The number of fused-ring (bicyclic) bond motifs is 1. The van der Waals surface area contributed by atoms with Crippen LogP contribution in [-0.2, 0) is 0 Å². The van der Waals surface area contributed by atoms with Crippen LogP contribution < -0.4 is 10.4 Å². The van der Waals surface area contributed by atoms with Crippen LogP contribution in [0.2, 0.25) is 0 Å². The summed E-state index contributed by atoms with van der Waals surface area (Å²) in [7, 11) is 0. The van der Waals surface area contributed by atoms with E-state index < -0.39 is 0 Å². The number of hydrogen-bond donors (Lipinski definition) is 0. The lowest BCUT2D eigenvalue weighted by atomic mass is 10.0. The van der Waals surface area contributed by atoms with Crippen molar-refractivity contribution >= 4 is 11.0 Å². The smallest absolute Gasteiger partial charge is 0.339 e. The van der Waals surface area contributed by atoms with E-state index in [1.807, 2.05) is 63.2 Å². The average molecular weight is 308 g/mol. The van der Waals surface area contributed by atoms with Gasteiger partial charge in [0.1, 0.15) is 17.4 Å². The molecule has 3 heteroatoms. The number of ether oxygens (including phenoxy) is 1. The second kappa shape index (κ2) is 5.92. The normalized spacial score (nSPS) is 12.3. The molecule has 0 saturated heterocycles. The highest BCUT2D eigenvalue weighted by Gasteiger charge is 2.16. The highest BCUT2D eigenvalue weighted by atomic mass is 16.5. The molecule has 0 aliphatic heterocycles. The third-order valence-corrected chi connectivity index (χ3v) is 4.23. The highest BCUT2D eigenvalue weighted by molar-refractivity contribution is 5.88. The van der Waals surface area contributed by atoms with Gasteiger partial charge in [-0.1, -0.05) is 30.3 Å². The third kappa shape index (κ3) is 2.87. The summed E-state index contributed by atoms with van der Waals surface area (Å²) in [6.07, 6.45) is -0.0900. The fourth-order valence-corrected chi connectivity index (χ4v) is 2.76. The summed E-state index contributed by atoms with van der Waals surface area (Å²) in [4.78, 5) is 11.9. The van der Waals surface area contributed by atoms with Crippen molar-refractivity contribution in [1.82, 2.24) is 0 Å². The van der Waals surface area contributed by atoms with Crippen molar-refractivity contribution < 1.29 is 9.15 Å². The highest BCUT2D eigenvalue weighted by Crippen LogP contribution is 2.33. The van der Waals surface area contributed by atoms with Gasteiger partial charge in [0.25, 0.3) is 0 Å². The molecule has 3 rings (SSSR count). The maximum atomic E-state index is 11.9. The number of rotatable bonds is 3. The molecule has 0 spiro atoms. The Balaban J connectivity index is 2.14. The predicted octanol–water partition coefficient (Wildman–Crippen LogP) is 4.86. The van der Waals surface area contributed by atoms with E-state index in [2.05, 4.69) is 0 Å². The average Bonchev–Trinajstić information content (AvgIpc) is 2.53. The van der Waals surface area contributed by atoms with Crippen LogP contribution in [0, 0.1) is 20.8 Å². The third-order valence-electron chi connectivity index (χ3n) is 4.23. The van der Waals surface area contributed by atoms with Crippen molar-refractivity contribution in [1.29, 1.82) is 0 Å². The van der Waals surface area contributed by atoms with Crippen LogP contribution in [-0.4, -0.2) is 0 Å². The molecule has 1 unspecified atom stereocenters. The zero-order chi connectivity index (χ0) is 16.6. The standard InChI is InChI=1S/C20H20O3/c1-12-10-17(22-15(4)16-8-6-5-7-9-16)19-13(2)14(3)20(21)23-18(19)11-12/h5-11,15H,1-4H3. The molecule has 0 radical (unpaired) electrons. The molecule has 23 heavy (non-hydrogen) atoms. The number of aryl methyl sites for hydroxylation is 2. The summed E-state index contributed by atoms with van der Waals surface area (Å²) in [5.74, 6) is 0.751. The Bertz CT molecular complexity index is 908. The first-order valence-electron chi connectivity index (χ1n) is 7.73. The van der Waals surface area contributed by atoms with Crippen molar-refractivity contribution in [3.05, 3.63) is 75.1 Å². The van der Waals surface area contributed by atoms with Crippen molar-refractivity contribution in [2.75, 3.05) is 0 Å². The molecule has 3 aromatic rings. The molecule has 1 heterocycles. The van der Waals surface area contributed by atoms with Crippen molar-refractivity contribution in [2.24, 2.45) is 0 Å². The van der Waals surface area contributed by atoms with Gasteiger partial charge in [0.15, 0.2) is 0 Å². The molecule has 0 N–H and O–H groups in total. The van der Waals surface area contributed by atoms with Gasteiger partial charge >= 0.3 is 5.63 Å². The monoisotopic (exact) mass is 308 g/mol.